The van der Waals surface area contributed by atoms with E-state index in [2.05, 4.69) is 9.97 Å². The minimum Gasteiger partial charge on any atom is -0.258 e. The summed E-state index contributed by atoms with van der Waals surface area (Å²) in [6.45, 7) is 0. The lowest BCUT2D eigenvalue weighted by molar-refractivity contribution is 0.268. The molecular formula is C12H16N2. The van der Waals surface area contributed by atoms with Crippen molar-refractivity contribution in [2.45, 2.75) is 44.4 Å². The van der Waals surface area contributed by atoms with Gasteiger partial charge in [-0.3, -0.25) is 9.97 Å². The molecule has 0 aromatic carbocycles. The van der Waals surface area contributed by atoms with Crippen LogP contribution in [0.3, 0.4) is 0 Å². The molecule has 0 radical (unpaired) electrons. The molecule has 74 valence electrons. The van der Waals surface area contributed by atoms with Gasteiger partial charge in [0, 0.05) is 18.3 Å². The number of hydrogen-bond acceptors (Lipinski definition) is 2. The Kier molecular flexibility index (Phi) is 2.00. The van der Waals surface area contributed by atoms with Crippen LogP contribution in [0.5, 0.6) is 0 Å². The molecule has 14 heavy (non-hydrogen) atoms. The van der Waals surface area contributed by atoms with Crippen LogP contribution in [0, 0.1) is 5.92 Å². The summed E-state index contributed by atoms with van der Waals surface area (Å²) in [5.74, 6) is 1.65. The second-order valence-electron chi connectivity index (χ2n) is 4.58. The lowest BCUT2D eigenvalue weighted by atomic mass is 9.71. The molecule has 0 spiro atoms. The lowest BCUT2D eigenvalue weighted by Gasteiger charge is -2.35. The first-order valence-corrected chi connectivity index (χ1v) is 5.75. The van der Waals surface area contributed by atoms with Gasteiger partial charge in [-0.15, -0.1) is 0 Å². The predicted molar refractivity (Wildman–Crippen MR) is 55.1 cm³/mol. The van der Waals surface area contributed by atoms with Crippen LogP contribution in [0.1, 0.15) is 49.4 Å². The molecule has 1 fully saturated rings. The van der Waals surface area contributed by atoms with E-state index in [1.165, 1.54) is 43.5 Å². The first kappa shape index (κ1) is 8.39. The number of aromatic nitrogens is 2. The van der Waals surface area contributed by atoms with Crippen molar-refractivity contribution in [3.05, 3.63) is 23.8 Å². The fraction of sp³-hybridized carbons (Fsp3) is 0.667. The molecule has 1 unspecified atom stereocenters. The van der Waals surface area contributed by atoms with E-state index in [0.29, 0.717) is 0 Å². The summed E-state index contributed by atoms with van der Waals surface area (Å²) in [6, 6.07) is 0. The van der Waals surface area contributed by atoms with Gasteiger partial charge in [-0.05, 0) is 31.6 Å². The molecule has 1 saturated carbocycles. The van der Waals surface area contributed by atoms with Gasteiger partial charge >= 0.3 is 0 Å². The third-order valence-electron chi connectivity index (χ3n) is 3.82. The molecular weight excluding hydrogens is 172 g/mol. The number of aryl methyl sites for hydroxylation is 1. The van der Waals surface area contributed by atoms with Crippen molar-refractivity contribution in [2.75, 3.05) is 0 Å². The predicted octanol–water partition coefficient (Wildman–Crippen LogP) is 2.70. The van der Waals surface area contributed by atoms with Crippen LogP contribution in [-0.2, 0) is 6.42 Å². The van der Waals surface area contributed by atoms with E-state index in [0.717, 1.165) is 18.3 Å². The number of hydrogen-bond donors (Lipinski definition) is 0. The summed E-state index contributed by atoms with van der Waals surface area (Å²) in [5.41, 5.74) is 2.60. The fourth-order valence-corrected chi connectivity index (χ4v) is 3.12. The molecule has 2 nitrogen and oxygen atoms in total. The summed E-state index contributed by atoms with van der Waals surface area (Å²) in [6.07, 6.45) is 11.8. The van der Waals surface area contributed by atoms with E-state index in [4.69, 9.17) is 0 Å². The van der Waals surface area contributed by atoms with Gasteiger partial charge < -0.3 is 0 Å². The maximum atomic E-state index is 4.54. The normalized spacial score (nSPS) is 30.6. The minimum absolute atomic E-state index is 0.737. The Bertz CT molecular complexity index is 335. The maximum Gasteiger partial charge on any atom is 0.0652 e. The highest BCUT2D eigenvalue weighted by Gasteiger charge is 2.32. The van der Waals surface area contributed by atoms with E-state index in [9.17, 15) is 0 Å². The van der Waals surface area contributed by atoms with Crippen LogP contribution in [-0.4, -0.2) is 9.97 Å². The SMILES string of the molecule is c1cnc2c(n1)CC[C@H]1CCCCC21. The van der Waals surface area contributed by atoms with Crippen LogP contribution < -0.4 is 0 Å². The summed E-state index contributed by atoms with van der Waals surface area (Å²) in [5, 5.41) is 0. The van der Waals surface area contributed by atoms with Crippen LogP contribution in [0.4, 0.5) is 0 Å². The summed E-state index contributed by atoms with van der Waals surface area (Å²) in [4.78, 5) is 8.99. The van der Waals surface area contributed by atoms with Gasteiger partial charge in [-0.2, -0.15) is 0 Å². The monoisotopic (exact) mass is 188 g/mol. The van der Waals surface area contributed by atoms with Crippen LogP contribution in [0.15, 0.2) is 12.4 Å². The molecule has 1 aromatic rings. The third kappa shape index (κ3) is 1.24. The Balaban J connectivity index is 1.99. The number of rotatable bonds is 0. The highest BCUT2D eigenvalue weighted by Crippen LogP contribution is 2.43. The zero-order valence-electron chi connectivity index (χ0n) is 8.45. The molecule has 0 saturated heterocycles. The highest BCUT2D eigenvalue weighted by atomic mass is 14.8. The molecule has 2 heteroatoms. The van der Waals surface area contributed by atoms with Gasteiger partial charge in [0.25, 0.3) is 0 Å². The third-order valence-corrected chi connectivity index (χ3v) is 3.82. The summed E-state index contributed by atoms with van der Waals surface area (Å²) in [7, 11) is 0. The van der Waals surface area contributed by atoms with Crippen molar-refractivity contribution in [3.8, 4) is 0 Å². The van der Waals surface area contributed by atoms with Gasteiger partial charge in [0.2, 0.25) is 0 Å². The fourth-order valence-electron chi connectivity index (χ4n) is 3.12. The zero-order valence-corrected chi connectivity index (χ0v) is 8.45. The molecule has 2 aliphatic carbocycles. The Morgan fingerprint density at radius 3 is 2.86 bits per heavy atom. The van der Waals surface area contributed by atoms with E-state index in [1.807, 2.05) is 12.4 Å². The topological polar surface area (TPSA) is 25.8 Å². The van der Waals surface area contributed by atoms with Crippen molar-refractivity contribution < 1.29 is 0 Å². The van der Waals surface area contributed by atoms with Crippen molar-refractivity contribution >= 4 is 0 Å². The van der Waals surface area contributed by atoms with Crippen LogP contribution >= 0.6 is 0 Å². The number of nitrogens with zero attached hydrogens (tertiary/aromatic N) is 2. The molecule has 0 aliphatic heterocycles. The summed E-state index contributed by atoms with van der Waals surface area (Å²) < 4.78 is 0. The second kappa shape index (κ2) is 3.34. The van der Waals surface area contributed by atoms with E-state index in [-0.39, 0.29) is 0 Å². The van der Waals surface area contributed by atoms with Crippen molar-refractivity contribution in [1.29, 1.82) is 0 Å². The molecule has 3 rings (SSSR count). The Labute approximate surface area is 84.8 Å². The Morgan fingerprint density at radius 2 is 1.86 bits per heavy atom. The Morgan fingerprint density at radius 1 is 1.00 bits per heavy atom. The minimum atomic E-state index is 0.737. The van der Waals surface area contributed by atoms with Gasteiger partial charge in [-0.1, -0.05) is 12.8 Å². The summed E-state index contributed by atoms with van der Waals surface area (Å²) >= 11 is 0. The highest BCUT2D eigenvalue weighted by molar-refractivity contribution is 5.21. The lowest BCUT2D eigenvalue weighted by Crippen LogP contribution is -2.25. The van der Waals surface area contributed by atoms with Crippen LogP contribution in [0.2, 0.25) is 0 Å². The van der Waals surface area contributed by atoms with E-state index >= 15 is 0 Å². The quantitative estimate of drug-likeness (QED) is 0.625. The molecule has 1 aromatic heterocycles. The molecule has 2 atom stereocenters. The molecule has 0 N–H and O–H groups in total. The molecule has 2 aliphatic rings. The van der Waals surface area contributed by atoms with E-state index in [1.54, 1.807) is 0 Å². The molecule has 0 amide bonds. The maximum absolute atomic E-state index is 4.54. The van der Waals surface area contributed by atoms with Crippen molar-refractivity contribution in [1.82, 2.24) is 9.97 Å². The average Bonchev–Trinajstić information content (AvgIpc) is 2.29. The zero-order chi connectivity index (χ0) is 9.38. The standard InChI is InChI=1S/C12H16N2/c1-2-4-10-9(3-1)5-6-11-12(10)14-8-7-13-11/h7-10H,1-6H2/t9-,10?/m1/s1. The number of fused-ring (bicyclic) bond motifs is 3. The van der Waals surface area contributed by atoms with Gasteiger partial charge in [0.15, 0.2) is 0 Å². The second-order valence-corrected chi connectivity index (χ2v) is 4.58. The van der Waals surface area contributed by atoms with Crippen molar-refractivity contribution in [2.24, 2.45) is 5.92 Å². The van der Waals surface area contributed by atoms with Crippen LogP contribution in [0.25, 0.3) is 0 Å². The van der Waals surface area contributed by atoms with Gasteiger partial charge in [0.05, 0.1) is 11.4 Å². The first-order chi connectivity index (χ1) is 6.95. The Hall–Kier alpha value is -0.920. The smallest absolute Gasteiger partial charge is 0.0652 e. The van der Waals surface area contributed by atoms with Gasteiger partial charge in [0.1, 0.15) is 0 Å². The van der Waals surface area contributed by atoms with E-state index < -0.39 is 0 Å². The van der Waals surface area contributed by atoms with Crippen molar-refractivity contribution in [3.63, 3.8) is 0 Å². The average molecular weight is 188 g/mol. The first-order valence-electron chi connectivity index (χ1n) is 5.75. The molecule has 1 heterocycles. The van der Waals surface area contributed by atoms with Gasteiger partial charge in [-0.25, -0.2) is 0 Å². The largest absolute Gasteiger partial charge is 0.258 e. The molecule has 0 bridgehead atoms.